The molecule has 0 amide bonds. The maximum Gasteiger partial charge on any atom is 0.337 e. The highest BCUT2D eigenvalue weighted by Gasteiger charge is 2.21. The van der Waals surface area contributed by atoms with Crippen LogP contribution < -0.4 is 11.2 Å². The minimum absolute atomic E-state index is 0.126. The lowest BCUT2D eigenvalue weighted by atomic mass is 10.0. The predicted octanol–water partition coefficient (Wildman–Crippen LogP) is 3.73. The van der Waals surface area contributed by atoms with E-state index in [4.69, 9.17) is 4.74 Å². The maximum absolute atomic E-state index is 13.4. The van der Waals surface area contributed by atoms with Gasteiger partial charge in [-0.3, -0.25) is 9.36 Å². The molecule has 7 nitrogen and oxygen atoms in total. The molecule has 7 heteroatoms. The summed E-state index contributed by atoms with van der Waals surface area (Å²) in [5.74, 6) is 0.377. The lowest BCUT2D eigenvalue weighted by Crippen LogP contribution is -2.41. The number of imidazole rings is 1. The number of nitrogens with zero attached hydrogens (tertiary/aromatic N) is 4. The molecule has 1 atom stereocenters. The summed E-state index contributed by atoms with van der Waals surface area (Å²) in [5, 5.41) is 0. The number of ether oxygens (including phenoxy) is 1. The SMILES string of the molecule is COCCn1c(=O)c2c(ncn2[C@@H](C)c2ccccc2)n(-c2ccc(C(C)C)cc2)c1=O. The van der Waals surface area contributed by atoms with Gasteiger partial charge in [-0.2, -0.15) is 0 Å². The van der Waals surface area contributed by atoms with E-state index in [9.17, 15) is 9.59 Å². The molecule has 0 radical (unpaired) electrons. The van der Waals surface area contributed by atoms with Gasteiger partial charge in [0.15, 0.2) is 11.2 Å². The third kappa shape index (κ3) is 3.80. The molecule has 0 saturated heterocycles. The highest BCUT2D eigenvalue weighted by Crippen LogP contribution is 2.23. The van der Waals surface area contributed by atoms with Crippen molar-refractivity contribution in [1.82, 2.24) is 18.7 Å². The van der Waals surface area contributed by atoms with Gasteiger partial charge < -0.3 is 9.30 Å². The van der Waals surface area contributed by atoms with Crippen LogP contribution in [-0.4, -0.2) is 32.4 Å². The van der Waals surface area contributed by atoms with Gasteiger partial charge in [-0.15, -0.1) is 0 Å². The van der Waals surface area contributed by atoms with Crippen LogP contribution in [0.25, 0.3) is 16.9 Å². The predicted molar refractivity (Wildman–Crippen MR) is 126 cm³/mol. The Labute approximate surface area is 186 Å². The fourth-order valence-corrected chi connectivity index (χ4v) is 3.95. The highest BCUT2D eigenvalue weighted by molar-refractivity contribution is 5.73. The Kier molecular flexibility index (Phi) is 6.10. The summed E-state index contributed by atoms with van der Waals surface area (Å²) in [5.41, 5.74) is 2.86. The fourth-order valence-electron chi connectivity index (χ4n) is 3.95. The van der Waals surface area contributed by atoms with Gasteiger partial charge >= 0.3 is 5.69 Å². The maximum atomic E-state index is 13.4. The van der Waals surface area contributed by atoms with E-state index in [0.717, 1.165) is 5.56 Å². The van der Waals surface area contributed by atoms with E-state index >= 15 is 0 Å². The third-order valence-corrected chi connectivity index (χ3v) is 5.89. The molecule has 166 valence electrons. The largest absolute Gasteiger partial charge is 0.383 e. The molecule has 0 unspecified atom stereocenters. The van der Waals surface area contributed by atoms with Crippen molar-refractivity contribution in [3.05, 3.63) is 92.9 Å². The Balaban J connectivity index is 1.98. The molecule has 4 aromatic rings. The standard InChI is InChI=1S/C25H28N4O3/c1-17(2)19-10-12-21(13-11-19)29-23-22(24(30)27(25(29)31)14-15-32-4)28(16-26-23)18(3)20-8-6-5-7-9-20/h5-13,16-18H,14-15H2,1-4H3/t18-/m0/s1. The van der Waals surface area contributed by atoms with Gasteiger partial charge in [-0.25, -0.2) is 14.3 Å². The Morgan fingerprint density at radius 2 is 1.62 bits per heavy atom. The first-order chi connectivity index (χ1) is 15.4. The van der Waals surface area contributed by atoms with E-state index < -0.39 is 5.69 Å². The normalized spacial score (nSPS) is 12.5. The smallest absolute Gasteiger partial charge is 0.337 e. The summed E-state index contributed by atoms with van der Waals surface area (Å²) >= 11 is 0. The first-order valence-electron chi connectivity index (χ1n) is 10.8. The molecule has 0 spiro atoms. The van der Waals surface area contributed by atoms with Crippen LogP contribution in [0.5, 0.6) is 0 Å². The van der Waals surface area contributed by atoms with Crippen LogP contribution in [0.3, 0.4) is 0 Å². The lowest BCUT2D eigenvalue weighted by molar-refractivity contribution is 0.184. The average molecular weight is 433 g/mol. The summed E-state index contributed by atoms with van der Waals surface area (Å²) in [6.07, 6.45) is 1.64. The second-order valence-electron chi connectivity index (χ2n) is 8.22. The van der Waals surface area contributed by atoms with Crippen molar-refractivity contribution in [3.8, 4) is 5.69 Å². The summed E-state index contributed by atoms with van der Waals surface area (Å²) in [7, 11) is 1.55. The number of rotatable bonds is 7. The van der Waals surface area contributed by atoms with Crippen LogP contribution in [0, 0.1) is 0 Å². The van der Waals surface area contributed by atoms with Gasteiger partial charge in [-0.05, 0) is 36.1 Å². The molecule has 0 aliphatic carbocycles. The molecule has 0 bridgehead atoms. The van der Waals surface area contributed by atoms with Crippen LogP contribution in [-0.2, 0) is 11.3 Å². The van der Waals surface area contributed by atoms with Gasteiger partial charge in [0.05, 0.1) is 31.2 Å². The average Bonchev–Trinajstić information content (AvgIpc) is 3.24. The molecule has 0 aliphatic rings. The van der Waals surface area contributed by atoms with Crippen LogP contribution in [0.15, 0.2) is 70.5 Å². The quantitative estimate of drug-likeness (QED) is 0.446. The Hall–Kier alpha value is -3.45. The first kappa shape index (κ1) is 21.8. The zero-order chi connectivity index (χ0) is 22.8. The zero-order valence-corrected chi connectivity index (χ0v) is 18.9. The fraction of sp³-hybridized carbons (Fsp3) is 0.320. The first-order valence-corrected chi connectivity index (χ1v) is 10.8. The van der Waals surface area contributed by atoms with Crippen molar-refractivity contribution < 1.29 is 4.74 Å². The Bertz CT molecular complexity index is 1330. The van der Waals surface area contributed by atoms with Crippen molar-refractivity contribution in [1.29, 1.82) is 0 Å². The summed E-state index contributed by atoms with van der Waals surface area (Å²) in [4.78, 5) is 31.4. The van der Waals surface area contributed by atoms with Crippen LogP contribution in [0.1, 0.15) is 43.9 Å². The van der Waals surface area contributed by atoms with E-state index in [2.05, 4.69) is 18.8 Å². The monoisotopic (exact) mass is 432 g/mol. The summed E-state index contributed by atoms with van der Waals surface area (Å²) in [6.45, 7) is 6.69. The van der Waals surface area contributed by atoms with Gasteiger partial charge in [0.25, 0.3) is 5.56 Å². The molecule has 2 aromatic carbocycles. The lowest BCUT2D eigenvalue weighted by Gasteiger charge is -2.17. The number of hydrogen-bond acceptors (Lipinski definition) is 4. The number of benzene rings is 2. The minimum atomic E-state index is -0.422. The molecule has 2 aromatic heterocycles. The van der Waals surface area contributed by atoms with Crippen LogP contribution in [0.4, 0.5) is 0 Å². The van der Waals surface area contributed by atoms with Crippen molar-refractivity contribution in [2.24, 2.45) is 0 Å². The molecule has 4 rings (SSSR count). The summed E-state index contributed by atoms with van der Waals surface area (Å²) in [6, 6.07) is 17.6. The minimum Gasteiger partial charge on any atom is -0.383 e. The van der Waals surface area contributed by atoms with Gasteiger partial charge in [-0.1, -0.05) is 56.3 Å². The van der Waals surface area contributed by atoms with Crippen LogP contribution >= 0.6 is 0 Å². The number of fused-ring (bicyclic) bond motifs is 1. The summed E-state index contributed by atoms with van der Waals surface area (Å²) < 4.78 is 9.75. The third-order valence-electron chi connectivity index (χ3n) is 5.89. The molecule has 0 aliphatic heterocycles. The van der Waals surface area contributed by atoms with Gasteiger partial charge in [0.1, 0.15) is 0 Å². The highest BCUT2D eigenvalue weighted by atomic mass is 16.5. The Morgan fingerprint density at radius 1 is 0.938 bits per heavy atom. The number of aromatic nitrogens is 4. The van der Waals surface area contributed by atoms with Gasteiger partial charge in [0.2, 0.25) is 0 Å². The second-order valence-corrected chi connectivity index (χ2v) is 8.22. The molecular formula is C25H28N4O3. The molecular weight excluding hydrogens is 404 g/mol. The second kappa shape index (κ2) is 8.96. The number of hydrogen-bond donors (Lipinski definition) is 0. The van der Waals surface area contributed by atoms with Crippen molar-refractivity contribution in [2.45, 2.75) is 39.3 Å². The van der Waals surface area contributed by atoms with E-state index in [1.54, 1.807) is 13.4 Å². The van der Waals surface area contributed by atoms with E-state index in [1.165, 1.54) is 14.7 Å². The van der Waals surface area contributed by atoms with Crippen molar-refractivity contribution >= 4 is 11.2 Å². The topological polar surface area (TPSA) is 71.1 Å². The van der Waals surface area contributed by atoms with E-state index in [-0.39, 0.29) is 24.8 Å². The Morgan fingerprint density at radius 3 is 2.25 bits per heavy atom. The number of methoxy groups -OCH3 is 1. The molecule has 0 N–H and O–H groups in total. The van der Waals surface area contributed by atoms with E-state index in [1.807, 2.05) is 66.1 Å². The van der Waals surface area contributed by atoms with Crippen molar-refractivity contribution in [3.63, 3.8) is 0 Å². The molecule has 0 fully saturated rings. The van der Waals surface area contributed by atoms with Crippen LogP contribution in [0.2, 0.25) is 0 Å². The zero-order valence-electron chi connectivity index (χ0n) is 18.9. The van der Waals surface area contributed by atoms with E-state index in [0.29, 0.717) is 22.8 Å². The molecule has 2 heterocycles. The molecule has 0 saturated carbocycles. The van der Waals surface area contributed by atoms with Gasteiger partial charge in [0, 0.05) is 7.11 Å². The molecule has 32 heavy (non-hydrogen) atoms. The van der Waals surface area contributed by atoms with Crippen molar-refractivity contribution in [2.75, 3.05) is 13.7 Å².